The molecule has 45 heavy (non-hydrogen) atoms. The lowest BCUT2D eigenvalue weighted by molar-refractivity contribution is -0.128. The number of carbonyl (C=O) groups excluding carboxylic acids is 1. The number of fused-ring (bicyclic) bond motifs is 2. The van der Waals surface area contributed by atoms with Gasteiger partial charge in [-0.1, -0.05) is 42.5 Å². The van der Waals surface area contributed by atoms with Crippen LogP contribution < -0.4 is 33.7 Å². The number of hydrogen-bond donors (Lipinski definition) is 1. The van der Waals surface area contributed by atoms with Crippen LogP contribution >= 0.6 is 0 Å². The largest absolute Gasteiger partial charge is 0.493 e. The van der Waals surface area contributed by atoms with Crippen molar-refractivity contribution in [3.8, 4) is 34.5 Å². The van der Waals surface area contributed by atoms with Gasteiger partial charge in [-0.3, -0.25) is 9.69 Å². The highest BCUT2D eigenvalue weighted by atomic mass is 16.7. The first-order valence-electron chi connectivity index (χ1n) is 15.0. The molecule has 9 nitrogen and oxygen atoms in total. The van der Waals surface area contributed by atoms with E-state index in [2.05, 4.69) is 22.3 Å². The van der Waals surface area contributed by atoms with Gasteiger partial charge in [0.15, 0.2) is 34.5 Å². The van der Waals surface area contributed by atoms with Crippen molar-refractivity contribution in [1.82, 2.24) is 10.2 Å². The van der Waals surface area contributed by atoms with E-state index < -0.39 is 6.04 Å². The molecule has 4 aromatic carbocycles. The fourth-order valence-electron chi connectivity index (χ4n) is 6.28. The summed E-state index contributed by atoms with van der Waals surface area (Å²) >= 11 is 0. The van der Waals surface area contributed by atoms with Gasteiger partial charge < -0.3 is 33.7 Å². The molecule has 0 saturated heterocycles. The molecular weight excluding hydrogens is 572 g/mol. The molecule has 0 spiro atoms. The minimum atomic E-state index is -0.549. The van der Waals surface area contributed by atoms with E-state index in [9.17, 15) is 4.79 Å². The molecule has 234 valence electrons. The Kier molecular flexibility index (Phi) is 8.98. The molecular formula is C36H38N2O7. The number of carbonyl (C=O) groups is 1. The molecule has 1 amide bonds. The molecule has 6 rings (SSSR count). The highest BCUT2D eigenvalue weighted by Gasteiger charge is 2.38. The second-order valence-electron chi connectivity index (χ2n) is 11.0. The summed E-state index contributed by atoms with van der Waals surface area (Å²) in [5.41, 5.74) is 5.17. The molecule has 2 atom stereocenters. The Hall–Kier alpha value is -4.89. The zero-order valence-electron chi connectivity index (χ0n) is 26.0. The number of ether oxygens (including phenoxy) is 6. The van der Waals surface area contributed by atoms with Crippen LogP contribution in [0.3, 0.4) is 0 Å². The third-order valence-electron chi connectivity index (χ3n) is 8.52. The van der Waals surface area contributed by atoms with E-state index in [-0.39, 0.29) is 18.7 Å². The molecule has 0 unspecified atom stereocenters. The topological polar surface area (TPSA) is 87.7 Å². The molecule has 0 bridgehead atoms. The van der Waals surface area contributed by atoms with E-state index in [1.165, 1.54) is 5.56 Å². The lowest BCUT2D eigenvalue weighted by atomic mass is 9.86. The summed E-state index contributed by atoms with van der Waals surface area (Å²) in [5, 5.41) is 3.21. The van der Waals surface area contributed by atoms with Crippen LogP contribution in [-0.2, 0) is 24.2 Å². The Labute approximate surface area is 263 Å². The minimum absolute atomic E-state index is 0.0832. The molecule has 1 N–H and O–H groups in total. The number of benzene rings is 4. The number of amides is 1. The van der Waals surface area contributed by atoms with Gasteiger partial charge in [0, 0.05) is 19.1 Å². The predicted molar refractivity (Wildman–Crippen MR) is 170 cm³/mol. The quantitative estimate of drug-likeness (QED) is 0.233. The Balaban J connectivity index is 1.38. The van der Waals surface area contributed by atoms with E-state index in [1.54, 1.807) is 28.4 Å². The predicted octanol–water partition coefficient (Wildman–Crippen LogP) is 5.65. The number of hydrogen-bond acceptors (Lipinski definition) is 8. The van der Waals surface area contributed by atoms with Gasteiger partial charge >= 0.3 is 0 Å². The molecule has 0 fully saturated rings. The first-order valence-corrected chi connectivity index (χ1v) is 15.0. The number of nitrogens with one attached hydrogen (secondary N) is 1. The zero-order valence-corrected chi connectivity index (χ0v) is 26.0. The normalized spacial score (nSPS) is 16.0. The van der Waals surface area contributed by atoms with E-state index in [1.807, 2.05) is 66.7 Å². The van der Waals surface area contributed by atoms with Gasteiger partial charge in [0.25, 0.3) is 0 Å². The summed E-state index contributed by atoms with van der Waals surface area (Å²) < 4.78 is 33.5. The van der Waals surface area contributed by atoms with Gasteiger partial charge in [-0.05, 0) is 77.1 Å². The van der Waals surface area contributed by atoms with Crippen molar-refractivity contribution in [2.45, 2.75) is 31.5 Å². The van der Waals surface area contributed by atoms with Gasteiger partial charge in [-0.25, -0.2) is 0 Å². The SMILES string of the molecule is COc1ccc(C[C@H]2c3cc(OC)c(OC)cc3CCN2[C@@H](C(=O)NCc2ccc3c(c2)OCO3)c2ccccc2)cc1OC. The van der Waals surface area contributed by atoms with E-state index in [0.717, 1.165) is 28.7 Å². The Morgan fingerprint density at radius 2 is 1.49 bits per heavy atom. The van der Waals surface area contributed by atoms with Crippen LogP contribution in [0.5, 0.6) is 34.5 Å². The Morgan fingerprint density at radius 1 is 0.800 bits per heavy atom. The van der Waals surface area contributed by atoms with E-state index in [4.69, 9.17) is 28.4 Å². The molecule has 0 aliphatic carbocycles. The zero-order chi connectivity index (χ0) is 31.3. The molecule has 2 aliphatic heterocycles. The van der Waals surface area contributed by atoms with Crippen LogP contribution in [0.1, 0.15) is 39.9 Å². The van der Waals surface area contributed by atoms with Crippen LogP contribution in [0.2, 0.25) is 0 Å². The molecule has 0 aromatic heterocycles. The van der Waals surface area contributed by atoms with E-state index in [0.29, 0.717) is 54.0 Å². The fraction of sp³-hybridized carbons (Fsp3) is 0.306. The van der Waals surface area contributed by atoms with Crippen molar-refractivity contribution in [3.63, 3.8) is 0 Å². The summed E-state index contributed by atoms with van der Waals surface area (Å²) in [7, 11) is 6.56. The minimum Gasteiger partial charge on any atom is -0.493 e. The van der Waals surface area contributed by atoms with Gasteiger partial charge in [0.05, 0.1) is 28.4 Å². The van der Waals surface area contributed by atoms with Crippen LogP contribution in [0, 0.1) is 0 Å². The van der Waals surface area contributed by atoms with Crippen molar-refractivity contribution < 1.29 is 33.2 Å². The average molecular weight is 611 g/mol. The first-order chi connectivity index (χ1) is 22.0. The molecule has 9 heteroatoms. The number of rotatable bonds is 11. The van der Waals surface area contributed by atoms with E-state index >= 15 is 0 Å². The maximum absolute atomic E-state index is 14.3. The second-order valence-corrected chi connectivity index (χ2v) is 11.0. The summed E-state index contributed by atoms with van der Waals surface area (Å²) in [6.45, 7) is 1.22. The van der Waals surface area contributed by atoms with Gasteiger partial charge in [0.1, 0.15) is 6.04 Å². The first kappa shape index (κ1) is 30.1. The molecule has 2 aliphatic rings. The van der Waals surface area contributed by atoms with Crippen LogP contribution in [0.4, 0.5) is 0 Å². The van der Waals surface area contributed by atoms with Gasteiger partial charge in [0.2, 0.25) is 12.7 Å². The average Bonchev–Trinajstić information content (AvgIpc) is 3.56. The van der Waals surface area contributed by atoms with Crippen LogP contribution in [0.25, 0.3) is 0 Å². The van der Waals surface area contributed by atoms with Crippen LogP contribution in [-0.4, -0.2) is 52.6 Å². The fourth-order valence-corrected chi connectivity index (χ4v) is 6.28. The van der Waals surface area contributed by atoms with Crippen molar-refractivity contribution in [2.75, 3.05) is 41.8 Å². The third-order valence-corrected chi connectivity index (χ3v) is 8.52. The summed E-state index contributed by atoms with van der Waals surface area (Å²) in [4.78, 5) is 16.6. The number of methoxy groups -OCH3 is 4. The maximum atomic E-state index is 14.3. The monoisotopic (exact) mass is 610 g/mol. The summed E-state index contributed by atoms with van der Waals surface area (Å²) in [6, 6.07) is 25.1. The van der Waals surface area contributed by atoms with Crippen LogP contribution in [0.15, 0.2) is 78.9 Å². The lowest BCUT2D eigenvalue weighted by Crippen LogP contribution is -2.45. The van der Waals surface area contributed by atoms with Gasteiger partial charge in [-0.2, -0.15) is 0 Å². The molecule has 4 aromatic rings. The summed E-state index contributed by atoms with van der Waals surface area (Å²) in [6.07, 6.45) is 1.37. The number of nitrogens with zero attached hydrogens (tertiary/aromatic N) is 1. The lowest BCUT2D eigenvalue weighted by Gasteiger charge is -2.42. The highest BCUT2D eigenvalue weighted by molar-refractivity contribution is 5.83. The molecule has 2 heterocycles. The second kappa shape index (κ2) is 13.4. The highest BCUT2D eigenvalue weighted by Crippen LogP contribution is 2.43. The van der Waals surface area contributed by atoms with Crippen molar-refractivity contribution >= 4 is 5.91 Å². The van der Waals surface area contributed by atoms with Gasteiger partial charge in [-0.15, -0.1) is 0 Å². The standard InChI is InChI=1S/C36H38N2O7/c1-40-29-12-10-23(17-31(29)41-2)16-28-27-20-33(43-4)32(42-3)19-26(27)14-15-38(28)35(25-8-6-5-7-9-25)36(39)37-21-24-11-13-30-34(18-24)45-22-44-30/h5-13,17-20,28,35H,14-16,21-22H2,1-4H3,(H,37,39)/t28-,35+/m0/s1. The van der Waals surface area contributed by atoms with Crippen molar-refractivity contribution in [3.05, 3.63) is 107 Å². The smallest absolute Gasteiger partial charge is 0.242 e. The van der Waals surface area contributed by atoms with Crippen molar-refractivity contribution in [2.24, 2.45) is 0 Å². The molecule has 0 saturated carbocycles. The maximum Gasteiger partial charge on any atom is 0.242 e. The summed E-state index contributed by atoms with van der Waals surface area (Å²) in [5.74, 6) is 3.98. The Bertz CT molecular complexity index is 1660. The van der Waals surface area contributed by atoms with Crippen molar-refractivity contribution in [1.29, 1.82) is 0 Å². The molecule has 0 radical (unpaired) electrons. The Morgan fingerprint density at radius 3 is 2.24 bits per heavy atom. The third kappa shape index (κ3) is 6.21.